The molecule has 6 rings (SSSR count). The van der Waals surface area contributed by atoms with Gasteiger partial charge >= 0.3 is 0 Å². The molecule has 3 aliphatic heterocycles. The van der Waals surface area contributed by atoms with Crippen LogP contribution < -0.4 is 10.1 Å². The van der Waals surface area contributed by atoms with Crippen LogP contribution in [0.5, 0.6) is 5.75 Å². The van der Waals surface area contributed by atoms with Crippen molar-refractivity contribution in [3.05, 3.63) is 105 Å². The number of hydrogen-bond acceptors (Lipinski definition) is 5. The number of aryl methyl sites for hydroxylation is 1. The predicted octanol–water partition coefficient (Wildman–Crippen LogP) is 4.63. The Morgan fingerprint density at radius 3 is 2.57 bits per heavy atom. The molecule has 7 heteroatoms. The predicted molar refractivity (Wildman–Crippen MR) is 132 cm³/mol. The minimum Gasteiger partial charge on any atom is -0.489 e. The van der Waals surface area contributed by atoms with Crippen molar-refractivity contribution in [1.29, 1.82) is 0 Å². The van der Waals surface area contributed by atoms with Gasteiger partial charge in [0.2, 0.25) is 0 Å². The van der Waals surface area contributed by atoms with Crippen molar-refractivity contribution >= 4 is 11.6 Å². The fraction of sp³-hybridized carbons (Fsp3) is 0.321. The van der Waals surface area contributed by atoms with Crippen molar-refractivity contribution in [3.8, 4) is 5.75 Å². The lowest BCUT2D eigenvalue weighted by molar-refractivity contribution is -0.534. The lowest BCUT2D eigenvalue weighted by Crippen LogP contribution is -2.55. The molecule has 3 heterocycles. The molecule has 0 bridgehead atoms. The van der Waals surface area contributed by atoms with E-state index in [0.717, 1.165) is 29.5 Å². The molecule has 3 aromatic rings. The van der Waals surface area contributed by atoms with Crippen LogP contribution in [0.2, 0.25) is 0 Å². The highest BCUT2D eigenvalue weighted by atomic mass is 16.6. The van der Waals surface area contributed by atoms with Crippen LogP contribution in [0.15, 0.2) is 72.8 Å². The van der Waals surface area contributed by atoms with Crippen LogP contribution in [0, 0.1) is 17.0 Å². The minimum atomic E-state index is -1.29. The van der Waals surface area contributed by atoms with Gasteiger partial charge < -0.3 is 10.1 Å². The third-order valence-corrected chi connectivity index (χ3v) is 7.89. The van der Waals surface area contributed by atoms with E-state index in [1.54, 1.807) is 0 Å². The largest absolute Gasteiger partial charge is 0.489 e. The summed E-state index contributed by atoms with van der Waals surface area (Å²) in [4.78, 5) is 28.0. The number of fused-ring (bicyclic) bond motifs is 4. The number of hydrogen-bond donors (Lipinski definition) is 1. The van der Waals surface area contributed by atoms with Crippen LogP contribution in [-0.2, 0) is 16.9 Å². The first-order valence-electron chi connectivity index (χ1n) is 12.1. The second-order valence-electron chi connectivity index (χ2n) is 9.77. The van der Waals surface area contributed by atoms with Crippen molar-refractivity contribution < 1.29 is 14.5 Å². The lowest BCUT2D eigenvalue weighted by atomic mass is 9.77. The Kier molecular flexibility index (Phi) is 5.11. The summed E-state index contributed by atoms with van der Waals surface area (Å²) in [6.45, 7) is 3.18. The van der Waals surface area contributed by atoms with E-state index in [2.05, 4.69) is 22.3 Å². The average molecular weight is 470 g/mol. The first-order valence-corrected chi connectivity index (χ1v) is 12.1. The topological polar surface area (TPSA) is 84.7 Å². The molecular weight excluding hydrogens is 442 g/mol. The summed E-state index contributed by atoms with van der Waals surface area (Å²) >= 11 is 0. The monoisotopic (exact) mass is 469 g/mol. The van der Waals surface area contributed by atoms with E-state index < -0.39 is 17.5 Å². The Labute approximate surface area is 203 Å². The van der Waals surface area contributed by atoms with Crippen molar-refractivity contribution in [2.24, 2.45) is 0 Å². The van der Waals surface area contributed by atoms with Gasteiger partial charge in [0, 0.05) is 28.8 Å². The summed E-state index contributed by atoms with van der Waals surface area (Å²) in [6, 6.07) is 22.1. The van der Waals surface area contributed by atoms with Gasteiger partial charge in [0.15, 0.2) is 5.54 Å². The molecular formula is C28H27N3O4. The van der Waals surface area contributed by atoms with Crippen molar-refractivity contribution in [2.75, 3.05) is 11.9 Å². The molecule has 0 aliphatic carbocycles. The number of amides is 1. The molecule has 2 saturated heterocycles. The number of carbonyl (C=O) groups excluding carboxylic acids is 1. The summed E-state index contributed by atoms with van der Waals surface area (Å²) < 4.78 is 5.96. The molecule has 3 aliphatic rings. The van der Waals surface area contributed by atoms with Gasteiger partial charge in [-0.15, -0.1) is 0 Å². The van der Waals surface area contributed by atoms with Crippen LogP contribution in [0.4, 0.5) is 5.69 Å². The summed E-state index contributed by atoms with van der Waals surface area (Å²) in [7, 11) is 0. The molecule has 0 radical (unpaired) electrons. The maximum absolute atomic E-state index is 13.5. The number of nitrogens with one attached hydrogen (secondary N) is 1. The molecule has 0 unspecified atom stereocenters. The van der Waals surface area contributed by atoms with Crippen LogP contribution in [0.25, 0.3) is 0 Å². The maximum atomic E-state index is 13.5. The second kappa shape index (κ2) is 8.20. The zero-order valence-corrected chi connectivity index (χ0v) is 19.5. The number of ether oxygens (including phenoxy) is 1. The van der Waals surface area contributed by atoms with Crippen molar-refractivity contribution in [3.63, 3.8) is 0 Å². The maximum Gasteiger partial charge on any atom is 0.256 e. The molecule has 7 nitrogen and oxygen atoms in total. The highest BCUT2D eigenvalue weighted by molar-refractivity contribution is 6.07. The fourth-order valence-electron chi connectivity index (χ4n) is 6.41. The van der Waals surface area contributed by atoms with Gasteiger partial charge in [0.25, 0.3) is 11.9 Å². The van der Waals surface area contributed by atoms with Crippen molar-refractivity contribution in [2.45, 2.75) is 49.9 Å². The molecule has 0 saturated carbocycles. The zero-order valence-electron chi connectivity index (χ0n) is 19.5. The van der Waals surface area contributed by atoms with E-state index in [4.69, 9.17) is 4.74 Å². The van der Waals surface area contributed by atoms with Gasteiger partial charge in [-0.2, -0.15) is 0 Å². The highest BCUT2D eigenvalue weighted by Gasteiger charge is 2.73. The van der Waals surface area contributed by atoms with Gasteiger partial charge in [-0.3, -0.25) is 19.8 Å². The zero-order chi connectivity index (χ0) is 24.2. The first-order chi connectivity index (χ1) is 17.0. The van der Waals surface area contributed by atoms with E-state index in [1.165, 1.54) is 5.56 Å². The van der Waals surface area contributed by atoms with Crippen LogP contribution >= 0.6 is 0 Å². The molecule has 35 heavy (non-hydrogen) atoms. The fourth-order valence-corrected chi connectivity index (χ4v) is 6.41. The quantitative estimate of drug-likeness (QED) is 0.435. The Bertz CT molecular complexity index is 1290. The van der Waals surface area contributed by atoms with E-state index >= 15 is 0 Å². The molecule has 0 aromatic heterocycles. The summed E-state index contributed by atoms with van der Waals surface area (Å²) in [6.07, 6.45) is 1.75. The molecule has 3 aromatic carbocycles. The smallest absolute Gasteiger partial charge is 0.256 e. The second-order valence-corrected chi connectivity index (χ2v) is 9.77. The molecule has 178 valence electrons. The number of benzene rings is 3. The van der Waals surface area contributed by atoms with Crippen LogP contribution in [0.3, 0.4) is 0 Å². The number of carbonyl (C=O) groups is 1. The number of para-hydroxylation sites is 1. The summed E-state index contributed by atoms with van der Waals surface area (Å²) in [5, 5.41) is 15.6. The SMILES string of the molecule is Cc1ccc(COc2ccc([C@H]3[C@H]([N+](=O)[O-])[C@@]4(C(=O)Nc5ccccc54)N4CCC[C@@H]34)cc2)cc1. The standard InChI is InChI=1S/C28H27N3O4/c1-18-8-10-19(11-9-18)17-35-21-14-12-20(13-15-21)25-24-7-4-16-30(24)28(26(25)31(33)34)22-5-2-3-6-23(22)29-27(28)32/h2-3,5-6,8-15,24-26H,4,7,16-17H2,1H3,(H,29,32)/t24-,25+,26-,28-/m0/s1. The minimum absolute atomic E-state index is 0.0679. The highest BCUT2D eigenvalue weighted by Crippen LogP contribution is 2.58. The van der Waals surface area contributed by atoms with Gasteiger partial charge in [0.05, 0.1) is 5.92 Å². The number of nitrogens with zero attached hydrogens (tertiary/aromatic N) is 2. The van der Waals surface area contributed by atoms with Gasteiger partial charge in [0.1, 0.15) is 12.4 Å². The Morgan fingerprint density at radius 2 is 1.83 bits per heavy atom. The molecule has 2 fully saturated rings. The lowest BCUT2D eigenvalue weighted by Gasteiger charge is -2.32. The normalized spacial score (nSPS) is 27.0. The van der Waals surface area contributed by atoms with Crippen LogP contribution in [0.1, 0.15) is 41.0 Å². The summed E-state index contributed by atoms with van der Waals surface area (Å²) in [5.74, 6) is 0.0373. The number of rotatable bonds is 5. The number of anilines is 1. The van der Waals surface area contributed by atoms with Gasteiger partial charge in [-0.1, -0.05) is 60.2 Å². The first kappa shape index (κ1) is 21.8. The van der Waals surface area contributed by atoms with E-state index in [-0.39, 0.29) is 16.9 Å². The Balaban J connectivity index is 1.34. The summed E-state index contributed by atoms with van der Waals surface area (Å²) in [5.41, 5.74) is 3.27. The third-order valence-electron chi connectivity index (χ3n) is 7.89. The molecule has 1 spiro atoms. The van der Waals surface area contributed by atoms with Crippen LogP contribution in [-0.4, -0.2) is 34.4 Å². The average Bonchev–Trinajstić information content (AvgIpc) is 3.52. The number of nitro groups is 1. The van der Waals surface area contributed by atoms with Crippen molar-refractivity contribution in [1.82, 2.24) is 4.90 Å². The Morgan fingerprint density at radius 1 is 1.09 bits per heavy atom. The third kappa shape index (κ3) is 3.26. The Hall–Kier alpha value is -3.71. The molecule has 1 N–H and O–H groups in total. The van der Waals surface area contributed by atoms with Gasteiger partial charge in [-0.25, -0.2) is 0 Å². The molecule has 4 atom stereocenters. The van der Waals surface area contributed by atoms with E-state index in [0.29, 0.717) is 24.6 Å². The van der Waals surface area contributed by atoms with Gasteiger partial charge in [-0.05, 0) is 49.1 Å². The van der Waals surface area contributed by atoms with E-state index in [1.807, 2.05) is 67.6 Å². The molecule has 1 amide bonds. The van der Waals surface area contributed by atoms with E-state index in [9.17, 15) is 14.9 Å².